The third-order valence-corrected chi connectivity index (χ3v) is 5.08. The van der Waals surface area contributed by atoms with Crippen molar-refractivity contribution in [2.24, 2.45) is 5.92 Å². The van der Waals surface area contributed by atoms with Crippen LogP contribution in [0.5, 0.6) is 0 Å². The first-order valence-corrected chi connectivity index (χ1v) is 8.46. The zero-order chi connectivity index (χ0) is 13.8. The molecule has 2 unspecified atom stereocenters. The molecule has 1 aromatic rings. The SMILES string of the molecule is CCC1CCC(Nc2ccc(N3CCCCC3)cc2)C1. The van der Waals surface area contributed by atoms with E-state index in [0.717, 1.165) is 5.92 Å². The third-order valence-electron chi connectivity index (χ3n) is 5.08. The van der Waals surface area contributed by atoms with Crippen molar-refractivity contribution in [3.05, 3.63) is 24.3 Å². The smallest absolute Gasteiger partial charge is 0.0367 e. The molecular weight excluding hydrogens is 244 g/mol. The predicted octanol–water partition coefficient (Wildman–Crippen LogP) is 4.67. The average Bonchev–Trinajstić information content (AvgIpc) is 2.97. The molecule has 110 valence electrons. The normalized spacial score (nSPS) is 26.8. The first kappa shape index (κ1) is 13.8. The molecule has 2 heteroatoms. The van der Waals surface area contributed by atoms with Crippen LogP contribution in [0.1, 0.15) is 51.9 Å². The molecule has 20 heavy (non-hydrogen) atoms. The number of rotatable bonds is 4. The van der Waals surface area contributed by atoms with Gasteiger partial charge in [-0.3, -0.25) is 0 Å². The summed E-state index contributed by atoms with van der Waals surface area (Å²) < 4.78 is 0. The van der Waals surface area contributed by atoms with E-state index < -0.39 is 0 Å². The minimum Gasteiger partial charge on any atom is -0.382 e. The number of anilines is 2. The molecule has 2 aliphatic rings. The molecule has 2 atom stereocenters. The van der Waals surface area contributed by atoms with Crippen molar-refractivity contribution in [3.8, 4) is 0 Å². The molecule has 1 aliphatic heterocycles. The van der Waals surface area contributed by atoms with Crippen molar-refractivity contribution >= 4 is 11.4 Å². The molecule has 1 N–H and O–H groups in total. The monoisotopic (exact) mass is 272 g/mol. The maximum Gasteiger partial charge on any atom is 0.0367 e. The van der Waals surface area contributed by atoms with Gasteiger partial charge in [0.05, 0.1) is 0 Å². The standard InChI is InChI=1S/C18H28N2/c1-2-15-6-7-17(14-15)19-16-8-10-18(11-9-16)20-12-4-3-5-13-20/h8-11,15,17,19H,2-7,12-14H2,1H3. The second-order valence-corrected chi connectivity index (χ2v) is 6.52. The lowest BCUT2D eigenvalue weighted by atomic mass is 10.1. The van der Waals surface area contributed by atoms with Crippen LogP contribution in [-0.2, 0) is 0 Å². The first-order valence-electron chi connectivity index (χ1n) is 8.46. The first-order chi connectivity index (χ1) is 9.85. The second-order valence-electron chi connectivity index (χ2n) is 6.52. The Morgan fingerprint density at radius 3 is 2.45 bits per heavy atom. The van der Waals surface area contributed by atoms with Crippen LogP contribution in [0.3, 0.4) is 0 Å². The van der Waals surface area contributed by atoms with E-state index in [2.05, 4.69) is 41.4 Å². The molecule has 0 radical (unpaired) electrons. The van der Waals surface area contributed by atoms with Crippen LogP contribution >= 0.6 is 0 Å². The van der Waals surface area contributed by atoms with Crippen molar-refractivity contribution in [1.82, 2.24) is 0 Å². The maximum absolute atomic E-state index is 3.72. The fourth-order valence-electron chi connectivity index (χ4n) is 3.73. The van der Waals surface area contributed by atoms with Gasteiger partial charge in [0.1, 0.15) is 0 Å². The summed E-state index contributed by atoms with van der Waals surface area (Å²) in [5.74, 6) is 0.945. The van der Waals surface area contributed by atoms with Crippen LogP contribution in [0.25, 0.3) is 0 Å². The molecule has 1 aliphatic carbocycles. The van der Waals surface area contributed by atoms with Crippen LogP contribution in [0.4, 0.5) is 11.4 Å². The van der Waals surface area contributed by atoms with Crippen LogP contribution in [0.15, 0.2) is 24.3 Å². The van der Waals surface area contributed by atoms with Crippen molar-refractivity contribution in [2.45, 2.75) is 57.9 Å². The number of hydrogen-bond acceptors (Lipinski definition) is 2. The summed E-state index contributed by atoms with van der Waals surface area (Å²) in [6, 6.07) is 9.81. The largest absolute Gasteiger partial charge is 0.382 e. The Bertz CT molecular complexity index is 406. The summed E-state index contributed by atoms with van der Waals surface area (Å²) >= 11 is 0. The number of nitrogens with zero attached hydrogens (tertiary/aromatic N) is 1. The van der Waals surface area contributed by atoms with Gasteiger partial charge in [-0.1, -0.05) is 13.3 Å². The van der Waals surface area contributed by atoms with Gasteiger partial charge in [-0.15, -0.1) is 0 Å². The van der Waals surface area contributed by atoms with E-state index >= 15 is 0 Å². The van der Waals surface area contributed by atoms with E-state index in [1.165, 1.54) is 69.4 Å². The number of hydrogen-bond donors (Lipinski definition) is 1. The van der Waals surface area contributed by atoms with Gasteiger partial charge in [-0.2, -0.15) is 0 Å². The van der Waals surface area contributed by atoms with Gasteiger partial charge in [-0.05, 0) is 68.7 Å². The summed E-state index contributed by atoms with van der Waals surface area (Å²) in [5.41, 5.74) is 2.70. The number of nitrogens with one attached hydrogen (secondary N) is 1. The van der Waals surface area contributed by atoms with Crippen molar-refractivity contribution < 1.29 is 0 Å². The number of piperidine rings is 1. The molecular formula is C18H28N2. The van der Waals surface area contributed by atoms with Gasteiger partial charge in [0.15, 0.2) is 0 Å². The highest BCUT2D eigenvalue weighted by molar-refractivity contribution is 5.55. The Kier molecular flexibility index (Phi) is 4.49. The summed E-state index contributed by atoms with van der Waals surface area (Å²) in [5, 5.41) is 3.72. The molecule has 2 fully saturated rings. The van der Waals surface area contributed by atoms with Crippen LogP contribution in [0.2, 0.25) is 0 Å². The van der Waals surface area contributed by atoms with Crippen molar-refractivity contribution in [1.29, 1.82) is 0 Å². The molecule has 1 saturated heterocycles. The molecule has 3 rings (SSSR count). The topological polar surface area (TPSA) is 15.3 Å². The molecule has 0 aromatic heterocycles. The van der Waals surface area contributed by atoms with Crippen LogP contribution in [0, 0.1) is 5.92 Å². The Morgan fingerprint density at radius 1 is 1.05 bits per heavy atom. The lowest BCUT2D eigenvalue weighted by Gasteiger charge is -2.29. The highest BCUT2D eigenvalue weighted by Gasteiger charge is 2.22. The zero-order valence-electron chi connectivity index (χ0n) is 12.8. The van der Waals surface area contributed by atoms with Gasteiger partial charge in [0, 0.05) is 30.5 Å². The summed E-state index contributed by atoms with van der Waals surface area (Å²) in [6.45, 7) is 4.78. The molecule has 0 bridgehead atoms. The number of benzene rings is 1. The molecule has 1 aromatic carbocycles. The minimum atomic E-state index is 0.695. The van der Waals surface area contributed by atoms with Crippen molar-refractivity contribution in [2.75, 3.05) is 23.3 Å². The van der Waals surface area contributed by atoms with Gasteiger partial charge in [0.2, 0.25) is 0 Å². The molecule has 1 saturated carbocycles. The van der Waals surface area contributed by atoms with Crippen LogP contribution < -0.4 is 10.2 Å². The molecule has 0 amide bonds. The van der Waals surface area contributed by atoms with E-state index in [4.69, 9.17) is 0 Å². The highest BCUT2D eigenvalue weighted by Crippen LogP contribution is 2.30. The fourth-order valence-corrected chi connectivity index (χ4v) is 3.73. The van der Waals surface area contributed by atoms with E-state index in [9.17, 15) is 0 Å². The molecule has 2 nitrogen and oxygen atoms in total. The molecule has 1 heterocycles. The van der Waals surface area contributed by atoms with Gasteiger partial charge in [0.25, 0.3) is 0 Å². The molecule has 0 spiro atoms. The quantitative estimate of drug-likeness (QED) is 0.857. The summed E-state index contributed by atoms with van der Waals surface area (Å²) in [6.07, 6.45) is 9.53. The highest BCUT2D eigenvalue weighted by atomic mass is 15.1. The van der Waals surface area contributed by atoms with E-state index in [-0.39, 0.29) is 0 Å². The van der Waals surface area contributed by atoms with Gasteiger partial charge < -0.3 is 10.2 Å². The van der Waals surface area contributed by atoms with E-state index in [1.807, 2.05) is 0 Å². The summed E-state index contributed by atoms with van der Waals surface area (Å²) in [7, 11) is 0. The van der Waals surface area contributed by atoms with Gasteiger partial charge >= 0.3 is 0 Å². The van der Waals surface area contributed by atoms with Crippen molar-refractivity contribution in [3.63, 3.8) is 0 Å². The Hall–Kier alpha value is -1.18. The summed E-state index contributed by atoms with van der Waals surface area (Å²) in [4.78, 5) is 2.52. The Labute approximate surface area is 123 Å². The van der Waals surface area contributed by atoms with Crippen LogP contribution in [-0.4, -0.2) is 19.1 Å². The lowest BCUT2D eigenvalue weighted by Crippen LogP contribution is -2.29. The Balaban J connectivity index is 1.56. The lowest BCUT2D eigenvalue weighted by molar-refractivity contribution is 0.525. The maximum atomic E-state index is 3.72. The predicted molar refractivity (Wildman–Crippen MR) is 87.5 cm³/mol. The van der Waals surface area contributed by atoms with Gasteiger partial charge in [-0.25, -0.2) is 0 Å². The average molecular weight is 272 g/mol. The fraction of sp³-hybridized carbons (Fsp3) is 0.667. The third kappa shape index (κ3) is 3.28. The van der Waals surface area contributed by atoms with E-state index in [0.29, 0.717) is 6.04 Å². The second kappa shape index (κ2) is 6.51. The van der Waals surface area contributed by atoms with E-state index in [1.54, 1.807) is 0 Å². The zero-order valence-corrected chi connectivity index (χ0v) is 12.8. The minimum absolute atomic E-state index is 0.695. The Morgan fingerprint density at radius 2 is 1.80 bits per heavy atom.